The Kier molecular flexibility index (Phi) is 7.93. The average molecular weight is 436 g/mol. The number of nitrogens with zero attached hydrogens (tertiary/aromatic N) is 1. The lowest BCUT2D eigenvalue weighted by molar-refractivity contribution is -0.117. The summed E-state index contributed by atoms with van der Waals surface area (Å²) in [5.74, 6) is -1.45. The van der Waals surface area contributed by atoms with Crippen molar-refractivity contribution in [1.29, 1.82) is 0 Å². The van der Waals surface area contributed by atoms with Crippen molar-refractivity contribution in [3.8, 4) is 0 Å². The first-order chi connectivity index (χ1) is 14.2. The fourth-order valence-corrected chi connectivity index (χ4v) is 4.20. The van der Waals surface area contributed by atoms with Gasteiger partial charge >= 0.3 is 0 Å². The van der Waals surface area contributed by atoms with Crippen LogP contribution in [0, 0.1) is 5.82 Å². The molecule has 30 heavy (non-hydrogen) atoms. The summed E-state index contributed by atoms with van der Waals surface area (Å²) in [6.45, 7) is 4.09. The molecule has 0 fully saturated rings. The number of benzene rings is 2. The first kappa shape index (κ1) is 23.3. The lowest BCUT2D eigenvalue weighted by atomic mass is 10.1. The third-order valence-electron chi connectivity index (χ3n) is 4.38. The zero-order valence-corrected chi connectivity index (χ0v) is 18.0. The lowest BCUT2D eigenvalue weighted by Gasteiger charge is -2.30. The summed E-state index contributed by atoms with van der Waals surface area (Å²) in [5, 5.41) is 5.42. The molecule has 9 heteroatoms. The molecule has 0 radical (unpaired) electrons. The minimum atomic E-state index is -3.85. The van der Waals surface area contributed by atoms with E-state index in [0.717, 1.165) is 29.1 Å². The molecule has 2 amide bonds. The minimum Gasteiger partial charge on any atom is -0.352 e. The highest BCUT2D eigenvalue weighted by Gasteiger charge is 2.32. The molecule has 0 saturated heterocycles. The Labute approximate surface area is 176 Å². The highest BCUT2D eigenvalue weighted by Crippen LogP contribution is 2.24. The van der Waals surface area contributed by atoms with Gasteiger partial charge in [-0.25, -0.2) is 12.8 Å². The Balaban J connectivity index is 2.36. The molecule has 0 aliphatic rings. The molecule has 0 unspecified atom stereocenters. The highest BCUT2D eigenvalue weighted by atomic mass is 32.2. The summed E-state index contributed by atoms with van der Waals surface area (Å²) in [7, 11) is -3.85. The summed E-state index contributed by atoms with van der Waals surface area (Å²) in [6.07, 6.45) is 1.91. The first-order valence-corrected chi connectivity index (χ1v) is 11.5. The zero-order valence-electron chi connectivity index (χ0n) is 17.2. The molecule has 0 bridgehead atoms. The molecule has 0 spiro atoms. The van der Waals surface area contributed by atoms with Crippen molar-refractivity contribution in [2.24, 2.45) is 0 Å². The van der Waals surface area contributed by atoms with Crippen LogP contribution in [0.2, 0.25) is 0 Å². The molecule has 0 heterocycles. The summed E-state index contributed by atoms with van der Waals surface area (Å²) >= 11 is 0. The van der Waals surface area contributed by atoms with E-state index < -0.39 is 27.8 Å². The topological polar surface area (TPSA) is 95.6 Å². The number of rotatable bonds is 9. The number of halogens is 1. The second kappa shape index (κ2) is 10.2. The monoisotopic (exact) mass is 435 g/mol. The van der Waals surface area contributed by atoms with E-state index in [1.54, 1.807) is 31.2 Å². The average Bonchev–Trinajstić information content (AvgIpc) is 2.70. The van der Waals surface area contributed by atoms with Crippen LogP contribution in [0.5, 0.6) is 0 Å². The number of para-hydroxylation sites is 1. The molecule has 7 nitrogen and oxygen atoms in total. The number of sulfonamides is 1. The SMILES string of the molecule is CCCNC(=O)c1ccccc1NC(=O)[C@H](CC)N(c1ccc(F)cc1)S(C)(=O)=O. The van der Waals surface area contributed by atoms with Gasteiger partial charge in [0.25, 0.3) is 5.91 Å². The zero-order chi connectivity index (χ0) is 22.3. The number of anilines is 2. The van der Waals surface area contributed by atoms with Crippen LogP contribution < -0.4 is 14.9 Å². The predicted octanol–water partition coefficient (Wildman–Crippen LogP) is 3.15. The predicted molar refractivity (Wildman–Crippen MR) is 115 cm³/mol. The van der Waals surface area contributed by atoms with Gasteiger partial charge in [0.15, 0.2) is 0 Å². The third-order valence-corrected chi connectivity index (χ3v) is 5.56. The molecular formula is C21H26FN3O4S. The van der Waals surface area contributed by atoms with Crippen LogP contribution in [0.1, 0.15) is 37.0 Å². The van der Waals surface area contributed by atoms with Gasteiger partial charge in [-0.2, -0.15) is 0 Å². The maximum atomic E-state index is 13.3. The molecular weight excluding hydrogens is 409 g/mol. The minimum absolute atomic E-state index is 0.167. The van der Waals surface area contributed by atoms with Gasteiger partial charge < -0.3 is 10.6 Å². The van der Waals surface area contributed by atoms with E-state index >= 15 is 0 Å². The first-order valence-electron chi connectivity index (χ1n) is 9.62. The summed E-state index contributed by atoms with van der Waals surface area (Å²) in [6, 6.07) is 10.3. The van der Waals surface area contributed by atoms with Crippen molar-refractivity contribution >= 4 is 33.2 Å². The van der Waals surface area contributed by atoms with Crippen LogP contribution in [-0.4, -0.2) is 39.1 Å². The highest BCUT2D eigenvalue weighted by molar-refractivity contribution is 7.92. The Morgan fingerprint density at radius 3 is 2.27 bits per heavy atom. The quantitative estimate of drug-likeness (QED) is 0.633. The van der Waals surface area contributed by atoms with E-state index in [2.05, 4.69) is 10.6 Å². The molecule has 1 atom stereocenters. The molecule has 2 aromatic rings. The Morgan fingerprint density at radius 1 is 1.07 bits per heavy atom. The van der Waals surface area contributed by atoms with Gasteiger partial charge in [0.1, 0.15) is 11.9 Å². The normalized spacial score (nSPS) is 12.1. The fraction of sp³-hybridized carbons (Fsp3) is 0.333. The third kappa shape index (κ3) is 5.79. The summed E-state index contributed by atoms with van der Waals surface area (Å²) in [5.41, 5.74) is 0.735. The van der Waals surface area contributed by atoms with Gasteiger partial charge in [-0.15, -0.1) is 0 Å². The van der Waals surface area contributed by atoms with Crippen LogP contribution in [-0.2, 0) is 14.8 Å². The largest absolute Gasteiger partial charge is 0.352 e. The van der Waals surface area contributed by atoms with Crippen LogP contribution in [0.4, 0.5) is 15.8 Å². The van der Waals surface area contributed by atoms with Crippen molar-refractivity contribution in [3.05, 3.63) is 59.9 Å². The van der Waals surface area contributed by atoms with E-state index in [1.165, 1.54) is 12.1 Å². The molecule has 2 aromatic carbocycles. The molecule has 0 aliphatic carbocycles. The molecule has 2 rings (SSSR count). The Morgan fingerprint density at radius 2 is 1.70 bits per heavy atom. The Hall–Kier alpha value is -2.94. The molecule has 0 aromatic heterocycles. The second-order valence-corrected chi connectivity index (χ2v) is 8.61. The number of carbonyl (C=O) groups excluding carboxylic acids is 2. The van der Waals surface area contributed by atoms with Gasteiger partial charge in [-0.05, 0) is 49.2 Å². The standard InChI is InChI=1S/C21H26FN3O4S/c1-4-14-23-20(26)17-8-6-7-9-18(17)24-21(27)19(5-2)25(30(3,28)29)16-12-10-15(22)11-13-16/h6-13,19H,4-5,14H2,1-3H3,(H,23,26)(H,24,27)/t19-/m0/s1. The van der Waals surface area contributed by atoms with E-state index in [4.69, 9.17) is 0 Å². The van der Waals surface area contributed by atoms with E-state index in [9.17, 15) is 22.4 Å². The summed E-state index contributed by atoms with van der Waals surface area (Å²) in [4.78, 5) is 25.4. The maximum Gasteiger partial charge on any atom is 0.253 e. The molecule has 2 N–H and O–H groups in total. The van der Waals surface area contributed by atoms with Crippen molar-refractivity contribution < 1.29 is 22.4 Å². The second-order valence-electron chi connectivity index (χ2n) is 6.75. The molecule has 0 saturated carbocycles. The van der Waals surface area contributed by atoms with Crippen molar-refractivity contribution in [2.45, 2.75) is 32.7 Å². The number of carbonyl (C=O) groups is 2. The lowest BCUT2D eigenvalue weighted by Crippen LogP contribution is -2.47. The number of nitrogens with one attached hydrogen (secondary N) is 2. The van der Waals surface area contributed by atoms with Crippen LogP contribution in [0.25, 0.3) is 0 Å². The van der Waals surface area contributed by atoms with E-state index in [-0.39, 0.29) is 29.3 Å². The van der Waals surface area contributed by atoms with Crippen LogP contribution in [0.15, 0.2) is 48.5 Å². The van der Waals surface area contributed by atoms with Crippen LogP contribution >= 0.6 is 0 Å². The van der Waals surface area contributed by atoms with Crippen LogP contribution in [0.3, 0.4) is 0 Å². The van der Waals surface area contributed by atoms with E-state index in [1.807, 2.05) is 6.92 Å². The van der Waals surface area contributed by atoms with Gasteiger partial charge in [-0.3, -0.25) is 13.9 Å². The van der Waals surface area contributed by atoms with Crippen molar-refractivity contribution in [2.75, 3.05) is 22.4 Å². The molecule has 162 valence electrons. The van der Waals surface area contributed by atoms with E-state index in [0.29, 0.717) is 6.54 Å². The molecule has 0 aliphatic heterocycles. The number of amides is 2. The smallest absolute Gasteiger partial charge is 0.253 e. The van der Waals surface area contributed by atoms with Gasteiger partial charge in [-0.1, -0.05) is 26.0 Å². The number of hydrogen-bond acceptors (Lipinski definition) is 4. The number of hydrogen-bond donors (Lipinski definition) is 2. The van der Waals surface area contributed by atoms with Gasteiger partial charge in [0.05, 0.1) is 23.2 Å². The Bertz CT molecular complexity index is 994. The summed E-state index contributed by atoms with van der Waals surface area (Å²) < 4.78 is 39.2. The maximum absolute atomic E-state index is 13.3. The van der Waals surface area contributed by atoms with Gasteiger partial charge in [0, 0.05) is 6.54 Å². The fourth-order valence-electron chi connectivity index (χ4n) is 2.99. The van der Waals surface area contributed by atoms with Crippen molar-refractivity contribution in [3.63, 3.8) is 0 Å². The van der Waals surface area contributed by atoms with Gasteiger partial charge in [0.2, 0.25) is 15.9 Å². The van der Waals surface area contributed by atoms with Crippen molar-refractivity contribution in [1.82, 2.24) is 5.32 Å².